The molecule has 3 nitrogen and oxygen atoms in total. The molecule has 2 N–H and O–H groups in total. The average molecular weight is 226 g/mol. The number of nitrogens with zero attached hydrogens (tertiary/aromatic N) is 1. The summed E-state index contributed by atoms with van der Waals surface area (Å²) in [6, 6.07) is 0.294. The highest BCUT2D eigenvalue weighted by Gasteiger charge is 2.34. The third-order valence-electron chi connectivity index (χ3n) is 3.20. The first-order valence-corrected chi connectivity index (χ1v) is 6.34. The van der Waals surface area contributed by atoms with Crippen molar-refractivity contribution in [1.29, 1.82) is 0 Å². The van der Waals surface area contributed by atoms with Gasteiger partial charge < -0.3 is 10.4 Å². The Hall–Kier alpha value is -0.450. The Morgan fingerprint density at radius 3 is 2.87 bits per heavy atom. The minimum Gasteiger partial charge on any atom is -0.389 e. The quantitative estimate of drug-likeness (QED) is 0.825. The molecule has 1 aromatic heterocycles. The fourth-order valence-corrected chi connectivity index (χ4v) is 2.76. The van der Waals surface area contributed by atoms with Gasteiger partial charge >= 0.3 is 0 Å². The van der Waals surface area contributed by atoms with Crippen molar-refractivity contribution in [1.82, 2.24) is 10.3 Å². The molecule has 0 amide bonds. The van der Waals surface area contributed by atoms with E-state index < -0.39 is 5.60 Å². The number of rotatable bonds is 4. The van der Waals surface area contributed by atoms with Gasteiger partial charge in [-0.3, -0.25) is 0 Å². The molecule has 1 aromatic rings. The molecule has 1 fully saturated rings. The third kappa shape index (κ3) is 2.38. The van der Waals surface area contributed by atoms with Crippen LogP contribution in [-0.4, -0.2) is 22.2 Å². The van der Waals surface area contributed by atoms with Crippen LogP contribution < -0.4 is 5.32 Å². The van der Waals surface area contributed by atoms with Crippen molar-refractivity contribution in [2.24, 2.45) is 0 Å². The van der Waals surface area contributed by atoms with E-state index in [0.717, 1.165) is 25.0 Å². The average Bonchev–Trinajstić information content (AvgIpc) is 2.58. The minimum absolute atomic E-state index is 0.294. The van der Waals surface area contributed by atoms with E-state index in [1.54, 1.807) is 11.3 Å². The van der Waals surface area contributed by atoms with E-state index in [1.807, 2.05) is 12.4 Å². The SMILES string of the molecule is Cc1ncsc1C(C)NCC1(O)CCC1. The molecule has 0 saturated heterocycles. The van der Waals surface area contributed by atoms with Crippen LogP contribution in [0.5, 0.6) is 0 Å². The summed E-state index contributed by atoms with van der Waals surface area (Å²) in [5.74, 6) is 0. The maximum Gasteiger partial charge on any atom is 0.0798 e. The van der Waals surface area contributed by atoms with Crippen molar-refractivity contribution in [3.05, 3.63) is 16.1 Å². The van der Waals surface area contributed by atoms with Crippen LogP contribution in [0, 0.1) is 6.92 Å². The van der Waals surface area contributed by atoms with Crippen LogP contribution >= 0.6 is 11.3 Å². The van der Waals surface area contributed by atoms with Crippen LogP contribution in [0.1, 0.15) is 42.8 Å². The van der Waals surface area contributed by atoms with E-state index in [1.165, 1.54) is 4.88 Å². The summed E-state index contributed by atoms with van der Waals surface area (Å²) in [4.78, 5) is 5.51. The summed E-state index contributed by atoms with van der Waals surface area (Å²) in [6.07, 6.45) is 3.04. The van der Waals surface area contributed by atoms with E-state index in [-0.39, 0.29) is 0 Å². The molecule has 1 unspecified atom stereocenters. The van der Waals surface area contributed by atoms with Crippen LogP contribution in [0.4, 0.5) is 0 Å². The number of aliphatic hydroxyl groups is 1. The van der Waals surface area contributed by atoms with E-state index in [2.05, 4.69) is 17.2 Å². The van der Waals surface area contributed by atoms with E-state index in [4.69, 9.17) is 0 Å². The summed E-state index contributed by atoms with van der Waals surface area (Å²) in [7, 11) is 0. The van der Waals surface area contributed by atoms with Crippen molar-refractivity contribution in [2.75, 3.05) is 6.54 Å². The Bertz CT molecular complexity index is 333. The van der Waals surface area contributed by atoms with Gasteiger partial charge in [0.2, 0.25) is 0 Å². The van der Waals surface area contributed by atoms with E-state index in [9.17, 15) is 5.11 Å². The lowest BCUT2D eigenvalue weighted by Crippen LogP contribution is -2.46. The van der Waals surface area contributed by atoms with Gasteiger partial charge in [-0.05, 0) is 33.1 Å². The second kappa shape index (κ2) is 4.20. The number of aromatic nitrogens is 1. The molecule has 1 atom stereocenters. The highest BCUT2D eigenvalue weighted by Crippen LogP contribution is 2.31. The molecule has 0 aliphatic heterocycles. The fourth-order valence-electron chi connectivity index (χ4n) is 1.92. The van der Waals surface area contributed by atoms with Gasteiger partial charge in [0.05, 0.1) is 16.8 Å². The first-order valence-electron chi connectivity index (χ1n) is 5.46. The number of nitrogens with one attached hydrogen (secondary N) is 1. The standard InChI is InChI=1S/C11H18N2OS/c1-8(10-9(2)13-7-15-10)12-6-11(14)4-3-5-11/h7-8,12,14H,3-6H2,1-2H3. The van der Waals surface area contributed by atoms with Crippen molar-refractivity contribution in [2.45, 2.75) is 44.8 Å². The van der Waals surface area contributed by atoms with Crippen molar-refractivity contribution >= 4 is 11.3 Å². The minimum atomic E-state index is -0.438. The van der Waals surface area contributed by atoms with E-state index >= 15 is 0 Å². The van der Waals surface area contributed by atoms with Gasteiger partial charge in [0.25, 0.3) is 0 Å². The summed E-state index contributed by atoms with van der Waals surface area (Å²) >= 11 is 1.68. The lowest BCUT2D eigenvalue weighted by Gasteiger charge is -2.37. The molecule has 0 spiro atoms. The third-order valence-corrected chi connectivity index (χ3v) is 4.31. The monoisotopic (exact) mass is 226 g/mol. The molecule has 0 bridgehead atoms. The Labute approximate surface area is 94.5 Å². The van der Waals surface area contributed by atoms with Crippen molar-refractivity contribution in [3.8, 4) is 0 Å². The zero-order valence-corrected chi connectivity index (χ0v) is 10.1. The Morgan fingerprint density at radius 2 is 2.40 bits per heavy atom. The summed E-state index contributed by atoms with van der Waals surface area (Å²) < 4.78 is 0. The largest absolute Gasteiger partial charge is 0.389 e. The van der Waals surface area contributed by atoms with Gasteiger partial charge in [-0.1, -0.05) is 0 Å². The van der Waals surface area contributed by atoms with Gasteiger partial charge in [-0.25, -0.2) is 4.98 Å². The van der Waals surface area contributed by atoms with Crippen LogP contribution in [0.15, 0.2) is 5.51 Å². The molecular weight excluding hydrogens is 208 g/mol. The summed E-state index contributed by atoms with van der Waals surface area (Å²) in [5, 5.41) is 13.3. The predicted molar refractivity (Wildman–Crippen MR) is 62.1 cm³/mol. The second-order valence-corrected chi connectivity index (χ2v) is 5.37. The maximum absolute atomic E-state index is 9.95. The Kier molecular flexibility index (Phi) is 3.09. The highest BCUT2D eigenvalue weighted by atomic mass is 32.1. The zero-order chi connectivity index (χ0) is 10.9. The van der Waals surface area contributed by atoms with Gasteiger partial charge in [-0.15, -0.1) is 11.3 Å². The molecule has 1 saturated carbocycles. The fraction of sp³-hybridized carbons (Fsp3) is 0.727. The lowest BCUT2D eigenvalue weighted by molar-refractivity contribution is -0.0328. The van der Waals surface area contributed by atoms with Crippen molar-refractivity contribution in [3.63, 3.8) is 0 Å². The topological polar surface area (TPSA) is 45.2 Å². The van der Waals surface area contributed by atoms with Crippen LogP contribution in [0.3, 0.4) is 0 Å². The number of aryl methyl sites for hydroxylation is 1. The van der Waals surface area contributed by atoms with Gasteiger partial charge in [0, 0.05) is 17.5 Å². The zero-order valence-electron chi connectivity index (χ0n) is 9.29. The molecule has 0 radical (unpaired) electrons. The first kappa shape index (κ1) is 11.0. The Morgan fingerprint density at radius 1 is 1.67 bits per heavy atom. The molecule has 1 aliphatic carbocycles. The molecule has 1 heterocycles. The molecule has 15 heavy (non-hydrogen) atoms. The van der Waals surface area contributed by atoms with Gasteiger partial charge in [0.1, 0.15) is 0 Å². The normalized spacial score (nSPS) is 21.0. The van der Waals surface area contributed by atoms with E-state index in [0.29, 0.717) is 12.6 Å². The maximum atomic E-state index is 9.95. The summed E-state index contributed by atoms with van der Waals surface area (Å²) in [6.45, 7) is 4.86. The van der Waals surface area contributed by atoms with Crippen LogP contribution in [0.25, 0.3) is 0 Å². The van der Waals surface area contributed by atoms with Gasteiger partial charge in [-0.2, -0.15) is 0 Å². The number of thiazole rings is 1. The highest BCUT2D eigenvalue weighted by molar-refractivity contribution is 7.09. The first-order chi connectivity index (χ1) is 7.11. The second-order valence-electron chi connectivity index (χ2n) is 4.48. The molecule has 1 aliphatic rings. The van der Waals surface area contributed by atoms with Gasteiger partial charge in [0.15, 0.2) is 0 Å². The molecular formula is C11H18N2OS. The van der Waals surface area contributed by atoms with Crippen LogP contribution in [0.2, 0.25) is 0 Å². The lowest BCUT2D eigenvalue weighted by atomic mass is 9.80. The molecule has 2 rings (SSSR count). The predicted octanol–water partition coefficient (Wildman–Crippen LogP) is 2.02. The molecule has 4 heteroatoms. The molecule has 0 aromatic carbocycles. The summed E-state index contributed by atoms with van der Waals surface area (Å²) in [5.41, 5.74) is 2.54. The van der Waals surface area contributed by atoms with Crippen LogP contribution in [-0.2, 0) is 0 Å². The van der Waals surface area contributed by atoms with Crippen molar-refractivity contribution < 1.29 is 5.11 Å². The molecule has 84 valence electrons. The smallest absolute Gasteiger partial charge is 0.0798 e. The Balaban J connectivity index is 1.87. The number of hydrogen-bond donors (Lipinski definition) is 2. The number of hydrogen-bond acceptors (Lipinski definition) is 4.